The number of fused-ring (bicyclic) bond motifs is 3. The molecule has 0 radical (unpaired) electrons. The average molecular weight is 696 g/mol. The van der Waals surface area contributed by atoms with E-state index in [1.54, 1.807) is 0 Å². The molecular formula is C33H34F6NOSb. The molecule has 2 aliphatic heterocycles. The van der Waals surface area contributed by atoms with Gasteiger partial charge in [-0.05, 0) is 41.1 Å². The summed E-state index contributed by atoms with van der Waals surface area (Å²) in [6.45, 7) is 13.2. The van der Waals surface area contributed by atoms with Crippen molar-refractivity contribution in [3.8, 4) is 11.1 Å². The van der Waals surface area contributed by atoms with Crippen LogP contribution in [0.3, 0.4) is 0 Å². The third-order valence-corrected chi connectivity index (χ3v) is 6.47. The van der Waals surface area contributed by atoms with Crippen LogP contribution in [0.4, 0.5) is 28.3 Å². The predicted molar refractivity (Wildman–Crippen MR) is 159 cm³/mol. The van der Waals surface area contributed by atoms with Crippen LogP contribution in [0.5, 0.6) is 0 Å². The zero-order valence-corrected chi connectivity index (χ0v) is 26.9. The zero-order valence-electron chi connectivity index (χ0n) is 24.3. The van der Waals surface area contributed by atoms with E-state index < -0.39 is 19.5 Å². The first-order chi connectivity index (χ1) is 19.1. The van der Waals surface area contributed by atoms with Gasteiger partial charge in [-0.25, -0.2) is 0 Å². The fraction of sp³-hybridized carbons (Fsp3) is 0.242. The van der Waals surface area contributed by atoms with E-state index in [1.165, 1.54) is 33.1 Å². The summed E-state index contributed by atoms with van der Waals surface area (Å²) in [6.07, 6.45) is 8.76. The van der Waals surface area contributed by atoms with Gasteiger partial charge in [0.25, 0.3) is 0 Å². The molecule has 0 aliphatic carbocycles. The molecule has 0 atom stereocenters. The first-order valence-electron chi connectivity index (χ1n) is 13.4. The van der Waals surface area contributed by atoms with Crippen LogP contribution < -0.4 is 15.2 Å². The van der Waals surface area contributed by atoms with E-state index in [1.807, 2.05) is 0 Å². The molecule has 224 valence electrons. The first-order valence-corrected chi connectivity index (χ1v) is 19.2. The molecule has 0 amide bonds. The Bertz CT molecular complexity index is 1700. The number of hydrogen-bond donors (Lipinski definition) is 0. The van der Waals surface area contributed by atoms with Crippen LogP contribution >= 0.6 is 0 Å². The molecule has 0 saturated carbocycles. The van der Waals surface area contributed by atoms with Crippen LogP contribution in [0.1, 0.15) is 41.5 Å². The second-order valence-electron chi connectivity index (χ2n) is 12.4. The van der Waals surface area contributed by atoms with Crippen LogP contribution in [0, 0.1) is 10.8 Å². The molecule has 0 spiro atoms. The standard InChI is InChI=1S/C33H34NO.6FH.Sb/c1-32(2,3)30-21-24(22-31(35-30)33(4,5)6)17-16-23-18-19-29-27(20-23)26-14-10-11-15-28(26)34(29)25-12-8-7-9-13-25;;;;;;;/h7-22H,1-6H3;6*1H;/q+1;;;;;;;+5/p-6/b23-16-;;;;;;;. The van der Waals surface area contributed by atoms with E-state index in [0.29, 0.717) is 0 Å². The van der Waals surface area contributed by atoms with Crippen LogP contribution in [0.25, 0.3) is 17.2 Å². The molecule has 42 heavy (non-hydrogen) atoms. The Labute approximate surface area is 244 Å². The number of allylic oxidation sites excluding steroid dienone is 6. The van der Waals surface area contributed by atoms with Gasteiger partial charge in [-0.1, -0.05) is 84.0 Å². The van der Waals surface area contributed by atoms with Crippen molar-refractivity contribution < 1.29 is 21.6 Å². The molecule has 2 aliphatic rings. The Hall–Kier alpha value is -3.25. The molecule has 5 rings (SSSR count). The van der Waals surface area contributed by atoms with Gasteiger partial charge >= 0.3 is 36.4 Å². The number of ether oxygens (including phenoxy) is 1. The second-order valence-corrected chi connectivity index (χ2v) is 17.8. The molecule has 0 N–H and O–H groups in total. The van der Waals surface area contributed by atoms with E-state index >= 15 is 0 Å². The number of para-hydroxylation sites is 2. The maximum absolute atomic E-state index is 11.2. The van der Waals surface area contributed by atoms with Gasteiger partial charge in [-0.3, -0.25) is 0 Å². The summed E-state index contributed by atoms with van der Waals surface area (Å²) in [7, 11) is 0. The summed E-state index contributed by atoms with van der Waals surface area (Å²) in [5.41, 5.74) is 6.00. The summed E-state index contributed by atoms with van der Waals surface area (Å²) in [6, 6.07) is 26.0. The minimum atomic E-state index is -11.2. The molecule has 0 aromatic heterocycles. The third kappa shape index (κ3) is 8.63. The van der Waals surface area contributed by atoms with Crippen LogP contribution in [-0.2, 0) is 4.74 Å². The van der Waals surface area contributed by atoms with Gasteiger partial charge < -0.3 is 4.74 Å². The first kappa shape index (κ1) is 31.7. The van der Waals surface area contributed by atoms with Crippen LogP contribution in [0.2, 0.25) is 0 Å². The Morgan fingerprint density at radius 3 is 1.71 bits per heavy atom. The Kier molecular flexibility index (Phi) is 7.68. The topological polar surface area (TPSA) is 12.2 Å². The predicted octanol–water partition coefficient (Wildman–Crippen LogP) is 9.56. The van der Waals surface area contributed by atoms with Gasteiger partial charge in [0.2, 0.25) is 16.7 Å². The van der Waals surface area contributed by atoms with E-state index in [-0.39, 0.29) is 10.8 Å². The summed E-state index contributed by atoms with van der Waals surface area (Å²) in [5.74, 6) is 2.01. The van der Waals surface area contributed by atoms with Crippen LogP contribution in [-0.4, -0.2) is 19.5 Å². The molecule has 3 aromatic rings. The number of nitrogens with zero attached hydrogens (tertiary/aromatic N) is 1. The van der Waals surface area contributed by atoms with Crippen molar-refractivity contribution in [2.75, 3.05) is 0 Å². The number of rotatable bonds is 2. The number of benzene rings is 3. The second kappa shape index (κ2) is 10.2. The van der Waals surface area contributed by atoms with Crippen molar-refractivity contribution in [3.63, 3.8) is 0 Å². The summed E-state index contributed by atoms with van der Waals surface area (Å²) < 4.78 is 68.2. The minimum absolute atomic E-state index is 0.0535. The summed E-state index contributed by atoms with van der Waals surface area (Å²) in [5, 5.41) is 2.40. The van der Waals surface area contributed by atoms with Gasteiger partial charge in [0, 0.05) is 35.1 Å². The molecule has 0 unspecified atom stereocenters. The molecule has 9 heteroatoms. The van der Waals surface area contributed by atoms with Gasteiger partial charge in [-0.15, -0.1) is 0 Å². The zero-order chi connectivity index (χ0) is 31.2. The van der Waals surface area contributed by atoms with Gasteiger partial charge in [0.15, 0.2) is 0 Å². The summed E-state index contributed by atoms with van der Waals surface area (Å²) >= 11 is -11.2. The quantitative estimate of drug-likeness (QED) is 0.116. The maximum atomic E-state index is 9.93. The van der Waals surface area contributed by atoms with Crippen LogP contribution in [0.15, 0.2) is 108 Å². The van der Waals surface area contributed by atoms with E-state index in [9.17, 15) is 16.9 Å². The fourth-order valence-electron chi connectivity index (χ4n) is 4.50. The van der Waals surface area contributed by atoms with Gasteiger partial charge in [0.1, 0.15) is 11.5 Å². The molecule has 0 saturated heterocycles. The van der Waals surface area contributed by atoms with Crippen molar-refractivity contribution >= 4 is 36.9 Å². The van der Waals surface area contributed by atoms with E-state index in [0.717, 1.165) is 17.1 Å². The SMILES string of the molecule is CC(C)(C)C1=CC(=C/C=c2/ccc3c(c2)-c2ccccc2[N+]=3c2ccccc2)C=C(C(C)(C)C)O1.[F][Sb-]([F])([F])([F])([F])[F]. The van der Waals surface area contributed by atoms with Crippen molar-refractivity contribution in [1.29, 1.82) is 0 Å². The number of halogens is 6. The molecular weight excluding hydrogens is 662 g/mol. The summed E-state index contributed by atoms with van der Waals surface area (Å²) in [4.78, 5) is 0. The molecule has 0 fully saturated rings. The third-order valence-electron chi connectivity index (χ3n) is 6.47. The van der Waals surface area contributed by atoms with Gasteiger partial charge in [-0.2, -0.15) is 4.58 Å². The molecule has 2 heterocycles. The van der Waals surface area contributed by atoms with Gasteiger partial charge in [0.05, 0.1) is 11.1 Å². The van der Waals surface area contributed by atoms with Crippen molar-refractivity contribution in [1.82, 2.24) is 4.58 Å². The van der Waals surface area contributed by atoms with E-state index in [2.05, 4.69) is 143 Å². The molecule has 2 nitrogen and oxygen atoms in total. The Morgan fingerprint density at radius 2 is 1.17 bits per heavy atom. The Morgan fingerprint density at radius 1 is 0.643 bits per heavy atom. The molecule has 3 aromatic carbocycles. The van der Waals surface area contributed by atoms with Crippen molar-refractivity contribution in [2.45, 2.75) is 41.5 Å². The van der Waals surface area contributed by atoms with E-state index in [4.69, 9.17) is 4.74 Å². The van der Waals surface area contributed by atoms with Crippen molar-refractivity contribution in [2.24, 2.45) is 10.8 Å². The Balaban J connectivity index is 0.000000517. The monoisotopic (exact) mass is 695 g/mol. The normalized spacial score (nSPS) is 17.0. The van der Waals surface area contributed by atoms with Crippen molar-refractivity contribution in [3.05, 3.63) is 119 Å². The fourth-order valence-corrected chi connectivity index (χ4v) is 4.50. The number of hydrogen-bond acceptors (Lipinski definition) is 1. The molecule has 0 bridgehead atoms. The average Bonchev–Trinajstić information content (AvgIpc) is 3.19.